The van der Waals surface area contributed by atoms with E-state index in [1.165, 1.54) is 61.5 Å². The lowest BCUT2D eigenvalue weighted by Crippen LogP contribution is -2.33. The van der Waals surface area contributed by atoms with Gasteiger partial charge < -0.3 is 4.90 Å². The third-order valence-electron chi connectivity index (χ3n) is 5.91. The van der Waals surface area contributed by atoms with Gasteiger partial charge in [-0.3, -0.25) is 8.96 Å². The van der Waals surface area contributed by atoms with Crippen LogP contribution in [0.2, 0.25) is 0 Å². The summed E-state index contributed by atoms with van der Waals surface area (Å²) in [7, 11) is 0. The number of halogens is 1. The largest absolute Gasteiger partial charge is 0.300 e. The van der Waals surface area contributed by atoms with Crippen LogP contribution in [0.4, 0.5) is 4.39 Å². The van der Waals surface area contributed by atoms with Gasteiger partial charge >= 0.3 is 0 Å². The second kappa shape index (κ2) is 7.72. The van der Waals surface area contributed by atoms with Crippen molar-refractivity contribution in [2.45, 2.75) is 43.0 Å². The van der Waals surface area contributed by atoms with E-state index in [1.54, 1.807) is 12.1 Å². The third kappa shape index (κ3) is 3.49. The van der Waals surface area contributed by atoms with Gasteiger partial charge in [0.15, 0.2) is 0 Å². The molecule has 2 aromatic heterocycles. The molecule has 1 saturated heterocycles. The van der Waals surface area contributed by atoms with Crippen molar-refractivity contribution < 1.29 is 4.39 Å². The number of pyridine rings is 1. The van der Waals surface area contributed by atoms with Gasteiger partial charge in [-0.2, -0.15) is 0 Å². The van der Waals surface area contributed by atoms with Crippen LogP contribution in [0.5, 0.6) is 0 Å². The number of likely N-dealkylation sites (tertiary alicyclic amines) is 1. The molecule has 5 rings (SSSR count). The lowest BCUT2D eigenvalue weighted by atomic mass is 9.90. The maximum atomic E-state index is 13.6. The summed E-state index contributed by atoms with van der Waals surface area (Å²) < 4.78 is 15.7. The fraction of sp³-hybridized carbons (Fsp3) is 0.348. The third-order valence-corrected chi connectivity index (χ3v) is 6.87. The molecule has 5 heteroatoms. The Kier molecular flexibility index (Phi) is 4.95. The molecule has 3 nitrogen and oxygen atoms in total. The molecule has 28 heavy (non-hydrogen) atoms. The highest BCUT2D eigenvalue weighted by Crippen LogP contribution is 2.36. The number of hydrogen-bond acceptors (Lipinski definition) is 3. The molecule has 0 bridgehead atoms. The lowest BCUT2D eigenvalue weighted by Gasteiger charge is -2.30. The predicted molar refractivity (Wildman–Crippen MR) is 114 cm³/mol. The Morgan fingerprint density at radius 2 is 2.00 bits per heavy atom. The summed E-state index contributed by atoms with van der Waals surface area (Å²) in [4.78, 5) is 8.22. The van der Waals surface area contributed by atoms with Crippen LogP contribution < -0.4 is 0 Å². The van der Waals surface area contributed by atoms with Crippen LogP contribution in [0.25, 0.3) is 16.6 Å². The van der Waals surface area contributed by atoms with Crippen molar-refractivity contribution in [1.82, 2.24) is 13.9 Å². The smallest absolute Gasteiger partial charge is 0.124 e. The molecular formula is C23H24FN3S. The number of fused-ring (bicyclic) bond motifs is 1. The average Bonchev–Trinajstić information content (AvgIpc) is 3.37. The van der Waals surface area contributed by atoms with Crippen molar-refractivity contribution >= 4 is 28.6 Å². The van der Waals surface area contributed by atoms with Gasteiger partial charge in [0.25, 0.3) is 0 Å². The molecular weight excluding hydrogens is 369 g/mol. The molecule has 1 fully saturated rings. The van der Waals surface area contributed by atoms with E-state index in [0.717, 1.165) is 28.8 Å². The fourth-order valence-corrected chi connectivity index (χ4v) is 5.42. The van der Waals surface area contributed by atoms with E-state index in [4.69, 9.17) is 0 Å². The maximum Gasteiger partial charge on any atom is 0.124 e. The molecule has 3 heterocycles. The molecule has 2 aliphatic rings. The van der Waals surface area contributed by atoms with E-state index in [1.807, 2.05) is 18.3 Å². The van der Waals surface area contributed by atoms with E-state index in [0.29, 0.717) is 6.04 Å². The monoisotopic (exact) mass is 393 g/mol. The zero-order chi connectivity index (χ0) is 18.9. The number of benzene rings is 1. The molecule has 0 spiro atoms. The first kappa shape index (κ1) is 18.0. The zero-order valence-electron chi connectivity index (χ0n) is 15.9. The van der Waals surface area contributed by atoms with Gasteiger partial charge in [0, 0.05) is 28.9 Å². The molecule has 3 aromatic rings. The topological polar surface area (TPSA) is 21.1 Å². The molecule has 1 aliphatic heterocycles. The quantitative estimate of drug-likeness (QED) is 0.562. The summed E-state index contributed by atoms with van der Waals surface area (Å²) in [5, 5.41) is 0. The van der Waals surface area contributed by atoms with Crippen molar-refractivity contribution in [3.8, 4) is 0 Å². The van der Waals surface area contributed by atoms with Crippen LogP contribution in [0.1, 0.15) is 37.7 Å². The number of hydrogen-bond donors (Lipinski definition) is 0. The van der Waals surface area contributed by atoms with Crippen LogP contribution in [-0.2, 0) is 0 Å². The van der Waals surface area contributed by atoms with Crippen LogP contribution in [-0.4, -0.2) is 33.0 Å². The van der Waals surface area contributed by atoms with Gasteiger partial charge in [-0.25, -0.2) is 4.39 Å². The molecule has 1 unspecified atom stereocenters. The Morgan fingerprint density at radius 1 is 1.11 bits per heavy atom. The Balaban J connectivity index is 1.45. The minimum absolute atomic E-state index is 0.206. The molecule has 0 radical (unpaired) electrons. The zero-order valence-corrected chi connectivity index (χ0v) is 16.7. The second-order valence-corrected chi connectivity index (χ2v) is 8.74. The summed E-state index contributed by atoms with van der Waals surface area (Å²) in [6.07, 6.45) is 12.6. The van der Waals surface area contributed by atoms with Crippen LogP contribution in [0.15, 0.2) is 59.8 Å². The summed E-state index contributed by atoms with van der Waals surface area (Å²) in [5.74, 6) is -0.206. The first-order valence-corrected chi connectivity index (χ1v) is 10.9. The fourth-order valence-electron chi connectivity index (χ4n) is 4.48. The van der Waals surface area contributed by atoms with Crippen LogP contribution >= 0.6 is 11.9 Å². The summed E-state index contributed by atoms with van der Waals surface area (Å²) in [6, 6.07) is 11.5. The van der Waals surface area contributed by atoms with E-state index in [-0.39, 0.29) is 5.82 Å². The normalized spacial score (nSPS) is 20.6. The van der Waals surface area contributed by atoms with Crippen LogP contribution in [0, 0.1) is 5.82 Å². The SMILES string of the molecule is Fc1cccc(Sn2cc(C3=CCC(N4CCCC4)CC3)c3ncccc32)c1. The van der Waals surface area contributed by atoms with Gasteiger partial charge in [0.1, 0.15) is 5.82 Å². The van der Waals surface area contributed by atoms with Crippen molar-refractivity contribution in [1.29, 1.82) is 0 Å². The Labute approximate surface area is 169 Å². The first-order valence-electron chi connectivity index (χ1n) is 10.1. The summed E-state index contributed by atoms with van der Waals surface area (Å²) >= 11 is 1.54. The Hall–Kier alpha value is -2.11. The molecule has 1 aromatic carbocycles. The van der Waals surface area contributed by atoms with E-state index < -0.39 is 0 Å². The minimum atomic E-state index is -0.206. The number of rotatable bonds is 4. The summed E-state index contributed by atoms with van der Waals surface area (Å²) in [6.45, 7) is 2.53. The van der Waals surface area contributed by atoms with Gasteiger partial charge in [0.05, 0.1) is 11.0 Å². The maximum absolute atomic E-state index is 13.6. The molecule has 0 saturated carbocycles. The van der Waals surface area contributed by atoms with Gasteiger partial charge in [-0.05, 0) is 93.0 Å². The molecule has 0 N–H and O–H groups in total. The number of aromatic nitrogens is 2. The Bertz CT molecular complexity index is 1020. The van der Waals surface area contributed by atoms with Gasteiger partial charge in [-0.1, -0.05) is 12.1 Å². The van der Waals surface area contributed by atoms with E-state index in [2.05, 4.69) is 32.2 Å². The van der Waals surface area contributed by atoms with E-state index >= 15 is 0 Å². The highest BCUT2D eigenvalue weighted by atomic mass is 32.2. The second-order valence-electron chi connectivity index (χ2n) is 7.69. The first-order chi connectivity index (χ1) is 13.8. The number of nitrogens with zero attached hydrogens (tertiary/aromatic N) is 3. The standard InChI is InChI=1S/C23H24FN3S/c24-18-5-3-6-20(15-18)28-27-16-21(23-22(27)7-4-12-25-23)17-8-10-19(11-9-17)26-13-1-2-14-26/h3-8,12,15-16,19H,1-2,9-11,13-14H2. The average molecular weight is 394 g/mol. The highest BCUT2D eigenvalue weighted by Gasteiger charge is 2.25. The molecule has 1 atom stereocenters. The van der Waals surface area contributed by atoms with E-state index in [9.17, 15) is 4.39 Å². The van der Waals surface area contributed by atoms with Gasteiger partial charge in [-0.15, -0.1) is 0 Å². The van der Waals surface area contributed by atoms with Crippen molar-refractivity contribution in [2.75, 3.05) is 13.1 Å². The summed E-state index contributed by atoms with van der Waals surface area (Å²) in [5.41, 5.74) is 4.74. The van der Waals surface area contributed by atoms with Crippen molar-refractivity contribution in [2.24, 2.45) is 0 Å². The molecule has 144 valence electrons. The predicted octanol–water partition coefficient (Wildman–Crippen LogP) is 5.76. The molecule has 1 aliphatic carbocycles. The van der Waals surface area contributed by atoms with Crippen molar-refractivity contribution in [3.05, 3.63) is 66.2 Å². The highest BCUT2D eigenvalue weighted by molar-refractivity contribution is 7.98. The van der Waals surface area contributed by atoms with Crippen molar-refractivity contribution in [3.63, 3.8) is 0 Å². The Morgan fingerprint density at radius 3 is 2.79 bits per heavy atom. The minimum Gasteiger partial charge on any atom is -0.300 e. The molecule has 0 amide bonds. The number of allylic oxidation sites excluding steroid dienone is 1. The lowest BCUT2D eigenvalue weighted by molar-refractivity contribution is 0.229. The van der Waals surface area contributed by atoms with Crippen LogP contribution in [0.3, 0.4) is 0 Å². The van der Waals surface area contributed by atoms with Gasteiger partial charge in [0.2, 0.25) is 0 Å².